The first kappa shape index (κ1) is 17.7. The van der Waals surface area contributed by atoms with E-state index < -0.39 is 0 Å². The fourth-order valence-corrected chi connectivity index (χ4v) is 2.36. The molecule has 4 nitrogen and oxygen atoms in total. The molecule has 0 aliphatic carbocycles. The second-order valence-electron chi connectivity index (χ2n) is 5.48. The third kappa shape index (κ3) is 5.23. The maximum Gasteiger partial charge on any atom is 0.306 e. The average molecular weight is 326 g/mol. The first-order valence-electron chi connectivity index (χ1n) is 8.06. The van der Waals surface area contributed by atoms with E-state index in [9.17, 15) is 9.59 Å². The van der Waals surface area contributed by atoms with Gasteiger partial charge in [-0.1, -0.05) is 30.3 Å². The standard InChI is InChI=1S/C20H22O4/c1-3-23-20(22)12-11-19(21)18-10-9-17(13-15(18)2)24-14-16-7-5-4-6-8-16/h4-10,13H,3,11-12,14H2,1-2H3. The Morgan fingerprint density at radius 3 is 2.42 bits per heavy atom. The fourth-order valence-electron chi connectivity index (χ4n) is 2.36. The van der Waals surface area contributed by atoms with Crippen LogP contribution in [0.2, 0.25) is 0 Å². The van der Waals surface area contributed by atoms with Gasteiger partial charge in [-0.15, -0.1) is 0 Å². The molecule has 0 radical (unpaired) electrons. The molecule has 0 saturated carbocycles. The van der Waals surface area contributed by atoms with E-state index in [0.29, 0.717) is 18.8 Å². The van der Waals surface area contributed by atoms with Crippen LogP contribution in [0.4, 0.5) is 0 Å². The lowest BCUT2D eigenvalue weighted by molar-refractivity contribution is -0.143. The van der Waals surface area contributed by atoms with Gasteiger partial charge in [0.1, 0.15) is 12.4 Å². The molecule has 2 aromatic rings. The number of carbonyl (C=O) groups excluding carboxylic acids is 2. The number of benzene rings is 2. The molecule has 0 fully saturated rings. The quantitative estimate of drug-likeness (QED) is 0.541. The van der Waals surface area contributed by atoms with Gasteiger partial charge in [-0.3, -0.25) is 9.59 Å². The van der Waals surface area contributed by atoms with Crippen molar-refractivity contribution >= 4 is 11.8 Å². The molecule has 2 rings (SSSR count). The van der Waals surface area contributed by atoms with Crippen LogP contribution in [0.5, 0.6) is 5.75 Å². The predicted molar refractivity (Wildman–Crippen MR) is 92.2 cm³/mol. The van der Waals surface area contributed by atoms with Gasteiger partial charge in [-0.2, -0.15) is 0 Å². The molecule has 0 atom stereocenters. The predicted octanol–water partition coefficient (Wildman–Crippen LogP) is 4.10. The van der Waals surface area contributed by atoms with Gasteiger partial charge in [0.15, 0.2) is 5.78 Å². The van der Waals surface area contributed by atoms with E-state index in [1.807, 2.05) is 43.3 Å². The van der Waals surface area contributed by atoms with E-state index in [-0.39, 0.29) is 24.6 Å². The highest BCUT2D eigenvalue weighted by Gasteiger charge is 2.12. The van der Waals surface area contributed by atoms with E-state index in [1.165, 1.54) is 0 Å². The summed E-state index contributed by atoms with van der Waals surface area (Å²) in [5.41, 5.74) is 2.55. The van der Waals surface area contributed by atoms with Crippen molar-refractivity contribution in [2.24, 2.45) is 0 Å². The second kappa shape index (κ2) is 8.87. The van der Waals surface area contributed by atoms with Gasteiger partial charge in [-0.25, -0.2) is 0 Å². The van der Waals surface area contributed by atoms with Crippen LogP contribution in [0.25, 0.3) is 0 Å². The molecular formula is C20H22O4. The number of ketones is 1. The zero-order valence-corrected chi connectivity index (χ0v) is 14.1. The highest BCUT2D eigenvalue weighted by atomic mass is 16.5. The van der Waals surface area contributed by atoms with Crippen molar-refractivity contribution in [1.29, 1.82) is 0 Å². The van der Waals surface area contributed by atoms with Crippen LogP contribution in [0.15, 0.2) is 48.5 Å². The van der Waals surface area contributed by atoms with Crippen molar-refractivity contribution in [2.45, 2.75) is 33.3 Å². The minimum Gasteiger partial charge on any atom is -0.489 e. The van der Waals surface area contributed by atoms with Crippen molar-refractivity contribution in [3.8, 4) is 5.75 Å². The van der Waals surface area contributed by atoms with Crippen LogP contribution in [-0.2, 0) is 16.1 Å². The summed E-state index contributed by atoms with van der Waals surface area (Å²) in [5, 5.41) is 0. The molecule has 0 amide bonds. The van der Waals surface area contributed by atoms with Crippen molar-refractivity contribution in [1.82, 2.24) is 0 Å². The summed E-state index contributed by atoms with van der Waals surface area (Å²) >= 11 is 0. The van der Waals surface area contributed by atoms with Crippen LogP contribution in [0.3, 0.4) is 0 Å². The molecule has 0 N–H and O–H groups in total. The number of aryl methyl sites for hydroxylation is 1. The first-order valence-corrected chi connectivity index (χ1v) is 8.06. The van der Waals surface area contributed by atoms with E-state index in [0.717, 1.165) is 16.9 Å². The van der Waals surface area contributed by atoms with Crippen LogP contribution >= 0.6 is 0 Å². The Bertz CT molecular complexity index is 692. The van der Waals surface area contributed by atoms with Crippen LogP contribution in [-0.4, -0.2) is 18.4 Å². The SMILES string of the molecule is CCOC(=O)CCC(=O)c1ccc(OCc2ccccc2)cc1C. The molecule has 0 bridgehead atoms. The molecule has 4 heteroatoms. The summed E-state index contributed by atoms with van der Waals surface area (Å²) in [6.07, 6.45) is 0.266. The maximum absolute atomic E-state index is 12.2. The zero-order chi connectivity index (χ0) is 17.4. The summed E-state index contributed by atoms with van der Waals surface area (Å²) in [7, 11) is 0. The molecule has 0 spiro atoms. The lowest BCUT2D eigenvalue weighted by Crippen LogP contribution is -2.09. The Balaban J connectivity index is 1.93. The van der Waals surface area contributed by atoms with Crippen LogP contribution in [0, 0.1) is 6.92 Å². The molecular weight excluding hydrogens is 304 g/mol. The summed E-state index contributed by atoms with van der Waals surface area (Å²) in [5.74, 6) is 0.319. The second-order valence-corrected chi connectivity index (χ2v) is 5.48. The largest absolute Gasteiger partial charge is 0.489 e. The number of hydrogen-bond acceptors (Lipinski definition) is 4. The Labute approximate surface area is 142 Å². The summed E-state index contributed by atoms with van der Waals surface area (Å²) in [6, 6.07) is 15.3. The third-order valence-corrected chi connectivity index (χ3v) is 3.61. The molecule has 0 aliphatic rings. The molecule has 0 heterocycles. The number of rotatable bonds is 8. The van der Waals surface area contributed by atoms with Crippen molar-refractivity contribution < 1.29 is 19.1 Å². The van der Waals surface area contributed by atoms with Gasteiger partial charge in [0.05, 0.1) is 13.0 Å². The summed E-state index contributed by atoms with van der Waals surface area (Å²) in [4.78, 5) is 23.6. The van der Waals surface area contributed by atoms with Gasteiger partial charge in [0.2, 0.25) is 0 Å². The average Bonchev–Trinajstić information content (AvgIpc) is 2.59. The topological polar surface area (TPSA) is 52.6 Å². The fraction of sp³-hybridized carbons (Fsp3) is 0.300. The number of hydrogen-bond donors (Lipinski definition) is 0. The Morgan fingerprint density at radius 1 is 1.00 bits per heavy atom. The highest BCUT2D eigenvalue weighted by Crippen LogP contribution is 2.20. The van der Waals surface area contributed by atoms with Crippen LogP contribution < -0.4 is 4.74 Å². The maximum atomic E-state index is 12.2. The summed E-state index contributed by atoms with van der Waals surface area (Å²) < 4.78 is 10.6. The van der Waals surface area contributed by atoms with E-state index in [2.05, 4.69) is 0 Å². The van der Waals surface area contributed by atoms with Gasteiger partial charge < -0.3 is 9.47 Å². The molecule has 2 aromatic carbocycles. The lowest BCUT2D eigenvalue weighted by Gasteiger charge is -2.10. The third-order valence-electron chi connectivity index (χ3n) is 3.61. The number of esters is 1. The van der Waals surface area contributed by atoms with Gasteiger partial charge in [0, 0.05) is 12.0 Å². The lowest BCUT2D eigenvalue weighted by atomic mass is 10.0. The smallest absolute Gasteiger partial charge is 0.306 e. The van der Waals surface area contributed by atoms with Crippen molar-refractivity contribution in [3.63, 3.8) is 0 Å². The van der Waals surface area contributed by atoms with Gasteiger partial charge in [0.25, 0.3) is 0 Å². The normalized spacial score (nSPS) is 10.2. The van der Waals surface area contributed by atoms with Crippen molar-refractivity contribution in [2.75, 3.05) is 6.61 Å². The molecule has 24 heavy (non-hydrogen) atoms. The number of ether oxygens (including phenoxy) is 2. The molecule has 0 unspecified atom stereocenters. The van der Waals surface area contributed by atoms with Crippen molar-refractivity contribution in [3.05, 3.63) is 65.2 Å². The number of Topliss-reactive ketones (excluding diaryl/α,β-unsaturated/α-hetero) is 1. The highest BCUT2D eigenvalue weighted by molar-refractivity contribution is 5.98. The Morgan fingerprint density at radius 2 is 1.75 bits per heavy atom. The minimum atomic E-state index is -0.341. The monoisotopic (exact) mass is 326 g/mol. The minimum absolute atomic E-state index is 0.0600. The molecule has 0 saturated heterocycles. The van der Waals surface area contributed by atoms with Gasteiger partial charge >= 0.3 is 5.97 Å². The zero-order valence-electron chi connectivity index (χ0n) is 14.1. The number of carbonyl (C=O) groups is 2. The van der Waals surface area contributed by atoms with E-state index in [1.54, 1.807) is 19.1 Å². The first-order chi connectivity index (χ1) is 11.6. The Hall–Kier alpha value is -2.62. The van der Waals surface area contributed by atoms with Crippen LogP contribution in [0.1, 0.15) is 41.3 Å². The molecule has 0 aromatic heterocycles. The van der Waals surface area contributed by atoms with Gasteiger partial charge in [-0.05, 0) is 43.2 Å². The van der Waals surface area contributed by atoms with E-state index >= 15 is 0 Å². The molecule has 126 valence electrons. The molecule has 0 aliphatic heterocycles. The van der Waals surface area contributed by atoms with E-state index in [4.69, 9.17) is 9.47 Å². The Kier molecular flexibility index (Phi) is 6.55. The summed E-state index contributed by atoms with van der Waals surface area (Å²) in [6.45, 7) is 4.43.